The summed E-state index contributed by atoms with van der Waals surface area (Å²) in [4.78, 5) is 34.8. The molecule has 0 fully saturated rings. The van der Waals surface area contributed by atoms with Crippen molar-refractivity contribution in [1.29, 1.82) is 0 Å². The van der Waals surface area contributed by atoms with Crippen molar-refractivity contribution >= 4 is 46.6 Å². The number of thioether (sulfide) groups is 1. The van der Waals surface area contributed by atoms with Crippen molar-refractivity contribution in [3.63, 3.8) is 0 Å². The molecular weight excluding hydrogens is 392 g/mol. The molecule has 1 atom stereocenters. The lowest BCUT2D eigenvalue weighted by molar-refractivity contribution is -0.384. The maximum atomic E-state index is 12.0. The van der Waals surface area contributed by atoms with Crippen LogP contribution in [0.5, 0.6) is 0 Å². The average Bonchev–Trinajstić information content (AvgIpc) is 2.64. The standard InChI is InChI=1S/C18H17ClN2O5S/c1-11-15(19)4-3-5-16(11)20-17(22)10-26-18(23)12(2)27-14-8-6-13(7-9-14)21(24)25/h3-9,12H,10H2,1-2H3,(H,20,22)/t12-/m0/s1. The molecule has 1 N–H and O–H groups in total. The molecule has 0 bridgehead atoms. The number of rotatable bonds is 7. The summed E-state index contributed by atoms with van der Waals surface area (Å²) in [5.74, 6) is -1.03. The molecule has 0 aliphatic carbocycles. The van der Waals surface area contributed by atoms with E-state index >= 15 is 0 Å². The van der Waals surface area contributed by atoms with Crippen molar-refractivity contribution in [2.45, 2.75) is 24.0 Å². The molecule has 0 saturated heterocycles. The monoisotopic (exact) mass is 408 g/mol. The first kappa shape index (κ1) is 20.7. The van der Waals surface area contributed by atoms with Gasteiger partial charge in [-0.2, -0.15) is 0 Å². The molecule has 0 aliphatic rings. The number of nitrogens with one attached hydrogen (secondary N) is 1. The summed E-state index contributed by atoms with van der Waals surface area (Å²) in [5.41, 5.74) is 1.25. The SMILES string of the molecule is Cc1c(Cl)cccc1NC(=O)COC(=O)[C@H](C)Sc1ccc([N+](=O)[O-])cc1. The Hall–Kier alpha value is -2.58. The minimum Gasteiger partial charge on any atom is -0.455 e. The maximum Gasteiger partial charge on any atom is 0.319 e. The highest BCUT2D eigenvalue weighted by atomic mass is 35.5. The molecule has 0 saturated carbocycles. The molecule has 9 heteroatoms. The first-order chi connectivity index (χ1) is 12.8. The lowest BCUT2D eigenvalue weighted by atomic mass is 10.2. The molecule has 2 aromatic carbocycles. The second kappa shape index (κ2) is 9.38. The quantitative estimate of drug-likeness (QED) is 0.319. The Labute approximate surface area is 165 Å². The largest absolute Gasteiger partial charge is 0.455 e. The fourth-order valence-electron chi connectivity index (χ4n) is 2.08. The van der Waals surface area contributed by atoms with Gasteiger partial charge >= 0.3 is 5.97 Å². The van der Waals surface area contributed by atoms with Crippen LogP contribution in [0.1, 0.15) is 12.5 Å². The van der Waals surface area contributed by atoms with Crippen LogP contribution >= 0.6 is 23.4 Å². The molecule has 7 nitrogen and oxygen atoms in total. The number of carbonyl (C=O) groups excluding carboxylic acids is 2. The van der Waals surface area contributed by atoms with E-state index in [1.807, 2.05) is 0 Å². The van der Waals surface area contributed by atoms with E-state index in [2.05, 4.69) is 5.32 Å². The second-order valence-electron chi connectivity index (χ2n) is 5.58. The Morgan fingerprint density at radius 1 is 1.26 bits per heavy atom. The molecule has 2 aromatic rings. The van der Waals surface area contributed by atoms with Gasteiger partial charge in [0.1, 0.15) is 5.25 Å². The van der Waals surface area contributed by atoms with Gasteiger partial charge < -0.3 is 10.1 Å². The molecule has 1 amide bonds. The van der Waals surface area contributed by atoms with Crippen LogP contribution in [0.25, 0.3) is 0 Å². The number of halogens is 1. The van der Waals surface area contributed by atoms with Gasteiger partial charge in [-0.15, -0.1) is 11.8 Å². The van der Waals surface area contributed by atoms with Crippen LogP contribution in [0.15, 0.2) is 47.4 Å². The molecule has 0 aliphatic heterocycles. The number of benzene rings is 2. The predicted octanol–water partition coefficient (Wildman–Crippen LogP) is 4.22. The highest BCUT2D eigenvalue weighted by molar-refractivity contribution is 8.00. The fourth-order valence-corrected chi connectivity index (χ4v) is 3.12. The van der Waals surface area contributed by atoms with Crippen LogP contribution in [-0.4, -0.2) is 28.7 Å². The summed E-state index contributed by atoms with van der Waals surface area (Å²) >= 11 is 7.18. The second-order valence-corrected chi connectivity index (χ2v) is 7.40. The highest BCUT2D eigenvalue weighted by Crippen LogP contribution is 2.26. The maximum absolute atomic E-state index is 12.0. The summed E-state index contributed by atoms with van der Waals surface area (Å²) in [6.07, 6.45) is 0. The summed E-state index contributed by atoms with van der Waals surface area (Å²) in [7, 11) is 0. The third-order valence-electron chi connectivity index (χ3n) is 3.58. The van der Waals surface area contributed by atoms with Crippen LogP contribution in [0.3, 0.4) is 0 Å². The molecule has 142 valence electrons. The van der Waals surface area contributed by atoms with Gasteiger partial charge in [0, 0.05) is 27.7 Å². The number of hydrogen-bond donors (Lipinski definition) is 1. The first-order valence-electron chi connectivity index (χ1n) is 7.90. The summed E-state index contributed by atoms with van der Waals surface area (Å²) < 4.78 is 5.03. The Morgan fingerprint density at radius 2 is 1.93 bits per heavy atom. The lowest BCUT2D eigenvalue weighted by Crippen LogP contribution is -2.25. The van der Waals surface area contributed by atoms with Gasteiger partial charge in [0.2, 0.25) is 0 Å². The van der Waals surface area contributed by atoms with Crippen LogP contribution < -0.4 is 5.32 Å². The van der Waals surface area contributed by atoms with Crippen LogP contribution in [0, 0.1) is 17.0 Å². The molecule has 0 heterocycles. The van der Waals surface area contributed by atoms with Gasteiger partial charge in [0.25, 0.3) is 11.6 Å². The van der Waals surface area contributed by atoms with Crippen LogP contribution in [0.4, 0.5) is 11.4 Å². The molecule has 0 radical (unpaired) electrons. The Kier molecular flexibility index (Phi) is 7.20. The Morgan fingerprint density at radius 3 is 2.56 bits per heavy atom. The number of ether oxygens (including phenoxy) is 1. The number of amides is 1. The van der Waals surface area contributed by atoms with Crippen molar-refractivity contribution in [2.24, 2.45) is 0 Å². The van der Waals surface area contributed by atoms with Crippen molar-refractivity contribution in [2.75, 3.05) is 11.9 Å². The highest BCUT2D eigenvalue weighted by Gasteiger charge is 2.18. The topological polar surface area (TPSA) is 98.5 Å². The van der Waals surface area contributed by atoms with Gasteiger partial charge in [-0.25, -0.2) is 0 Å². The lowest BCUT2D eigenvalue weighted by Gasteiger charge is -2.12. The summed E-state index contributed by atoms with van der Waals surface area (Å²) in [6, 6.07) is 11.0. The number of carbonyl (C=O) groups is 2. The minimum absolute atomic E-state index is 0.0254. The number of esters is 1. The number of nitro benzene ring substituents is 1. The van der Waals surface area contributed by atoms with E-state index in [0.29, 0.717) is 15.6 Å². The molecular formula is C18H17ClN2O5S. The third-order valence-corrected chi connectivity index (χ3v) is 5.08. The zero-order chi connectivity index (χ0) is 20.0. The van der Waals surface area contributed by atoms with Crippen molar-refractivity contribution < 1.29 is 19.2 Å². The van der Waals surface area contributed by atoms with Gasteiger partial charge in [0.05, 0.1) is 4.92 Å². The molecule has 2 rings (SSSR count). The van der Waals surface area contributed by atoms with Gasteiger partial charge in [0.15, 0.2) is 6.61 Å². The van der Waals surface area contributed by atoms with E-state index in [9.17, 15) is 19.7 Å². The molecule has 0 unspecified atom stereocenters. The van der Waals surface area contributed by atoms with E-state index < -0.39 is 28.7 Å². The van der Waals surface area contributed by atoms with Gasteiger partial charge in [-0.3, -0.25) is 19.7 Å². The smallest absolute Gasteiger partial charge is 0.319 e. The zero-order valence-electron chi connectivity index (χ0n) is 14.6. The Balaban J connectivity index is 1.84. The van der Waals surface area contributed by atoms with Crippen molar-refractivity contribution in [3.05, 3.63) is 63.2 Å². The van der Waals surface area contributed by atoms with Gasteiger partial charge in [-0.05, 0) is 43.7 Å². The first-order valence-corrected chi connectivity index (χ1v) is 9.16. The summed E-state index contributed by atoms with van der Waals surface area (Å²) in [6.45, 7) is 2.98. The van der Waals surface area contributed by atoms with Crippen LogP contribution in [0.2, 0.25) is 5.02 Å². The third kappa shape index (κ3) is 5.97. The number of nitrogens with zero attached hydrogens (tertiary/aromatic N) is 1. The van der Waals surface area contributed by atoms with Crippen molar-refractivity contribution in [1.82, 2.24) is 0 Å². The normalized spacial score (nSPS) is 11.5. The number of nitro groups is 1. The van der Waals surface area contributed by atoms with E-state index in [0.717, 1.165) is 5.56 Å². The number of anilines is 1. The van der Waals surface area contributed by atoms with Crippen molar-refractivity contribution in [3.8, 4) is 0 Å². The Bertz CT molecular complexity index is 857. The predicted molar refractivity (Wildman–Crippen MR) is 104 cm³/mol. The average molecular weight is 409 g/mol. The number of hydrogen-bond acceptors (Lipinski definition) is 6. The van der Waals surface area contributed by atoms with E-state index in [1.54, 1.807) is 44.2 Å². The fraction of sp³-hybridized carbons (Fsp3) is 0.222. The summed E-state index contributed by atoms with van der Waals surface area (Å²) in [5, 5.41) is 13.2. The minimum atomic E-state index is -0.577. The van der Waals surface area contributed by atoms with E-state index in [1.165, 1.54) is 23.9 Å². The molecule has 0 aromatic heterocycles. The van der Waals surface area contributed by atoms with Crippen LogP contribution in [-0.2, 0) is 14.3 Å². The zero-order valence-corrected chi connectivity index (χ0v) is 16.2. The van der Waals surface area contributed by atoms with E-state index in [-0.39, 0.29) is 5.69 Å². The van der Waals surface area contributed by atoms with E-state index in [4.69, 9.17) is 16.3 Å². The van der Waals surface area contributed by atoms with Gasteiger partial charge in [-0.1, -0.05) is 17.7 Å². The molecule has 27 heavy (non-hydrogen) atoms. The number of non-ortho nitro benzene ring substituents is 1. The molecule has 0 spiro atoms.